The Kier molecular flexibility index (Phi) is 7.28. The Hall–Kier alpha value is -0.490. The zero-order valence-corrected chi connectivity index (χ0v) is 7.99. The number of hydrogen-bond acceptors (Lipinski definition) is 1. The van der Waals surface area contributed by atoms with Gasteiger partial charge in [0, 0.05) is 13.0 Å². The quantitative estimate of drug-likeness (QED) is 0.420. The van der Waals surface area contributed by atoms with Crippen LogP contribution in [0.25, 0.3) is 0 Å². The van der Waals surface area contributed by atoms with Crippen LogP contribution in [0.3, 0.4) is 0 Å². The van der Waals surface area contributed by atoms with Crippen molar-refractivity contribution in [3.05, 3.63) is 0 Å². The summed E-state index contributed by atoms with van der Waals surface area (Å²) in [6, 6.07) is 0. The van der Waals surface area contributed by atoms with Gasteiger partial charge in [-0.15, -0.1) is 12.3 Å². The lowest BCUT2D eigenvalue weighted by atomic mass is 10.2. The Morgan fingerprint density at radius 3 is 2.82 bits per heavy atom. The minimum absolute atomic E-state index is 0.0331. The van der Waals surface area contributed by atoms with Crippen molar-refractivity contribution in [3.63, 3.8) is 0 Å². The van der Waals surface area contributed by atoms with Crippen LogP contribution < -0.4 is 5.32 Å². The number of amides is 1. The number of carbonyl (C=O) groups excluding carboxylic acids is 1. The molecule has 2 nitrogen and oxygen atoms in total. The summed E-state index contributed by atoms with van der Waals surface area (Å²) in [5, 5.41) is 3.11. The van der Waals surface area contributed by atoms with Crippen LogP contribution in [0.1, 0.15) is 19.3 Å². The minimum Gasteiger partial charge on any atom is -0.355 e. The molecule has 0 saturated heterocycles. The predicted octanol–water partition coefficient (Wildman–Crippen LogP) is 1.30. The van der Waals surface area contributed by atoms with Crippen LogP contribution in [0, 0.1) is 12.3 Å². The van der Waals surface area contributed by atoms with E-state index in [1.54, 1.807) is 0 Å². The Labute approximate surface area is 75.9 Å². The smallest absolute Gasteiger partial charge is 0.230 e. The Bertz CT molecular complexity index is 151. The number of nitrogens with one attached hydrogen (secondary N) is 1. The summed E-state index contributed by atoms with van der Waals surface area (Å²) < 4.78 is 0. The van der Waals surface area contributed by atoms with E-state index in [4.69, 9.17) is 6.42 Å². The fourth-order valence-electron chi connectivity index (χ4n) is 0.627. The van der Waals surface area contributed by atoms with Gasteiger partial charge in [-0.1, -0.05) is 15.9 Å². The molecule has 0 bridgehead atoms. The summed E-state index contributed by atoms with van der Waals surface area (Å²) >= 11 is 3.05. The number of hydrogen-bond donors (Lipinski definition) is 1. The average molecular weight is 218 g/mol. The first-order valence-electron chi connectivity index (χ1n) is 3.57. The summed E-state index contributed by atoms with van der Waals surface area (Å²) in [7, 11) is 0. The van der Waals surface area contributed by atoms with Crippen molar-refractivity contribution in [1.82, 2.24) is 5.32 Å². The van der Waals surface area contributed by atoms with E-state index in [2.05, 4.69) is 27.2 Å². The van der Waals surface area contributed by atoms with Crippen LogP contribution in [0.15, 0.2) is 0 Å². The molecule has 0 aromatic carbocycles. The Morgan fingerprint density at radius 1 is 1.55 bits per heavy atom. The standard InChI is InChI=1S/C8H12BrNO/c1-2-3-4-5-6-10-8(11)7-9/h1H,3-7H2,(H,10,11). The molecule has 1 amide bonds. The number of alkyl halides is 1. The molecule has 0 atom stereocenters. The maximum Gasteiger partial charge on any atom is 0.230 e. The molecule has 0 aromatic heterocycles. The molecule has 0 radical (unpaired) electrons. The maximum atomic E-state index is 10.6. The van der Waals surface area contributed by atoms with Gasteiger partial charge in [0.05, 0.1) is 5.33 Å². The largest absolute Gasteiger partial charge is 0.355 e. The van der Waals surface area contributed by atoms with Crippen LogP contribution in [0.4, 0.5) is 0 Å². The summed E-state index contributed by atoms with van der Waals surface area (Å²) in [6.45, 7) is 0.728. The van der Waals surface area contributed by atoms with Gasteiger partial charge in [0.1, 0.15) is 0 Å². The summed E-state index contributed by atoms with van der Waals surface area (Å²) in [4.78, 5) is 10.6. The van der Waals surface area contributed by atoms with E-state index < -0.39 is 0 Å². The average Bonchev–Trinajstić information content (AvgIpc) is 2.04. The van der Waals surface area contributed by atoms with Crippen LogP contribution in [-0.2, 0) is 4.79 Å². The van der Waals surface area contributed by atoms with E-state index in [-0.39, 0.29) is 5.91 Å². The van der Waals surface area contributed by atoms with E-state index in [0.717, 1.165) is 25.8 Å². The van der Waals surface area contributed by atoms with Crippen LogP contribution in [-0.4, -0.2) is 17.8 Å². The monoisotopic (exact) mass is 217 g/mol. The maximum absolute atomic E-state index is 10.6. The second-order valence-electron chi connectivity index (χ2n) is 2.14. The van der Waals surface area contributed by atoms with Gasteiger partial charge in [-0.3, -0.25) is 4.79 Å². The second-order valence-corrected chi connectivity index (χ2v) is 2.71. The van der Waals surface area contributed by atoms with Gasteiger partial charge in [0.25, 0.3) is 0 Å². The number of rotatable bonds is 5. The lowest BCUT2D eigenvalue weighted by Crippen LogP contribution is -2.25. The second kappa shape index (κ2) is 7.62. The third-order valence-corrected chi connectivity index (χ3v) is 1.70. The summed E-state index contributed by atoms with van der Waals surface area (Å²) in [5.74, 6) is 2.58. The van der Waals surface area contributed by atoms with Gasteiger partial charge < -0.3 is 5.32 Å². The molecule has 0 aromatic rings. The fraction of sp³-hybridized carbons (Fsp3) is 0.625. The van der Waals surface area contributed by atoms with Gasteiger partial charge in [0.15, 0.2) is 0 Å². The molecule has 0 aliphatic carbocycles. The van der Waals surface area contributed by atoms with Gasteiger partial charge >= 0.3 is 0 Å². The van der Waals surface area contributed by atoms with Crippen LogP contribution >= 0.6 is 15.9 Å². The normalized spacial score (nSPS) is 8.73. The Balaban J connectivity index is 3.03. The number of unbranched alkanes of at least 4 members (excludes halogenated alkanes) is 2. The van der Waals surface area contributed by atoms with Crippen LogP contribution in [0.2, 0.25) is 0 Å². The topological polar surface area (TPSA) is 29.1 Å². The van der Waals surface area contributed by atoms with E-state index >= 15 is 0 Å². The lowest BCUT2D eigenvalue weighted by Gasteiger charge is -2.00. The molecule has 11 heavy (non-hydrogen) atoms. The molecule has 3 heteroatoms. The number of halogens is 1. The molecule has 0 aliphatic heterocycles. The van der Waals surface area contributed by atoms with Gasteiger partial charge in [-0.05, 0) is 12.8 Å². The van der Waals surface area contributed by atoms with E-state index in [9.17, 15) is 4.79 Å². The highest BCUT2D eigenvalue weighted by Gasteiger charge is 1.94. The highest BCUT2D eigenvalue weighted by atomic mass is 79.9. The molecule has 0 saturated carbocycles. The van der Waals surface area contributed by atoms with E-state index in [1.807, 2.05) is 0 Å². The first-order chi connectivity index (χ1) is 5.31. The van der Waals surface area contributed by atoms with Crippen molar-refractivity contribution in [2.75, 3.05) is 11.9 Å². The number of carbonyl (C=O) groups is 1. The highest BCUT2D eigenvalue weighted by molar-refractivity contribution is 9.09. The van der Waals surface area contributed by atoms with E-state index in [0.29, 0.717) is 5.33 Å². The van der Waals surface area contributed by atoms with Gasteiger partial charge in [-0.2, -0.15) is 0 Å². The molecule has 62 valence electrons. The third-order valence-electron chi connectivity index (χ3n) is 1.19. The SMILES string of the molecule is C#CCCCCNC(=O)CBr. The molecule has 0 spiro atoms. The molecular formula is C8H12BrNO. The van der Waals surface area contributed by atoms with Crippen molar-refractivity contribution >= 4 is 21.8 Å². The van der Waals surface area contributed by atoms with Gasteiger partial charge in [-0.25, -0.2) is 0 Å². The molecule has 1 N–H and O–H groups in total. The molecular weight excluding hydrogens is 206 g/mol. The summed E-state index contributed by atoms with van der Waals surface area (Å²) in [6.07, 6.45) is 7.79. The zero-order valence-electron chi connectivity index (χ0n) is 6.40. The fourth-order valence-corrected chi connectivity index (χ4v) is 0.825. The van der Waals surface area contributed by atoms with E-state index in [1.165, 1.54) is 0 Å². The first-order valence-corrected chi connectivity index (χ1v) is 4.69. The van der Waals surface area contributed by atoms with Crippen molar-refractivity contribution in [2.24, 2.45) is 0 Å². The molecule has 0 aliphatic rings. The highest BCUT2D eigenvalue weighted by Crippen LogP contribution is 1.91. The number of terminal acetylenes is 1. The van der Waals surface area contributed by atoms with Crippen molar-refractivity contribution in [2.45, 2.75) is 19.3 Å². The first kappa shape index (κ1) is 10.5. The summed E-state index contributed by atoms with van der Waals surface area (Å²) in [5.41, 5.74) is 0. The predicted molar refractivity (Wildman–Crippen MR) is 49.5 cm³/mol. The molecule has 0 rings (SSSR count). The minimum atomic E-state index is 0.0331. The van der Waals surface area contributed by atoms with Crippen LogP contribution in [0.5, 0.6) is 0 Å². The molecule has 0 fully saturated rings. The Morgan fingerprint density at radius 2 is 2.27 bits per heavy atom. The zero-order chi connectivity index (χ0) is 8.53. The van der Waals surface area contributed by atoms with Crippen molar-refractivity contribution in [1.29, 1.82) is 0 Å². The lowest BCUT2D eigenvalue weighted by molar-refractivity contribution is -0.118. The van der Waals surface area contributed by atoms with Crippen molar-refractivity contribution < 1.29 is 4.79 Å². The molecule has 0 unspecified atom stereocenters. The third kappa shape index (κ3) is 7.41. The van der Waals surface area contributed by atoms with Gasteiger partial charge in [0.2, 0.25) is 5.91 Å². The van der Waals surface area contributed by atoms with Crippen molar-refractivity contribution in [3.8, 4) is 12.3 Å². The molecule has 0 heterocycles.